The van der Waals surface area contributed by atoms with Crippen molar-refractivity contribution >= 4 is 17.3 Å². The van der Waals surface area contributed by atoms with Crippen LogP contribution in [0, 0.1) is 0 Å². The maximum atomic E-state index is 12.5. The van der Waals surface area contributed by atoms with Crippen molar-refractivity contribution in [2.45, 2.75) is 0 Å². The predicted octanol–water partition coefficient (Wildman–Crippen LogP) is 1.94. The first-order valence-corrected chi connectivity index (χ1v) is 7.33. The van der Waals surface area contributed by atoms with Gasteiger partial charge in [-0.15, -0.1) is 0 Å². The molecule has 2 aromatic rings. The summed E-state index contributed by atoms with van der Waals surface area (Å²) in [6.07, 6.45) is 0. The van der Waals surface area contributed by atoms with E-state index in [4.69, 9.17) is 5.73 Å². The van der Waals surface area contributed by atoms with Gasteiger partial charge in [-0.25, -0.2) is 0 Å². The number of nitrogens with zero attached hydrogens (tertiary/aromatic N) is 2. The first-order valence-electron chi connectivity index (χ1n) is 7.33. The molecule has 0 unspecified atom stereocenters. The van der Waals surface area contributed by atoms with Crippen LogP contribution in [-0.2, 0) is 0 Å². The molecule has 22 heavy (non-hydrogen) atoms. The molecular formula is C17H19N3O2. The number of phenols is 1. The number of carbonyl (C=O) groups excluding carboxylic acids is 1. The molecule has 0 spiro atoms. The second kappa shape index (κ2) is 5.97. The van der Waals surface area contributed by atoms with E-state index in [0.717, 1.165) is 13.1 Å². The maximum absolute atomic E-state index is 12.5. The molecule has 5 nitrogen and oxygen atoms in total. The molecule has 1 amide bonds. The van der Waals surface area contributed by atoms with E-state index in [2.05, 4.69) is 17.0 Å². The average Bonchev–Trinajstić information content (AvgIpc) is 2.58. The predicted molar refractivity (Wildman–Crippen MR) is 87.1 cm³/mol. The first kappa shape index (κ1) is 14.3. The number of nitrogen functional groups attached to an aromatic ring is 1. The summed E-state index contributed by atoms with van der Waals surface area (Å²) >= 11 is 0. The van der Waals surface area contributed by atoms with Gasteiger partial charge in [0.2, 0.25) is 0 Å². The quantitative estimate of drug-likeness (QED) is 0.656. The Morgan fingerprint density at radius 2 is 1.64 bits per heavy atom. The van der Waals surface area contributed by atoms with Crippen molar-refractivity contribution in [2.24, 2.45) is 0 Å². The molecule has 0 bridgehead atoms. The number of nitrogens with two attached hydrogens (primary N) is 1. The summed E-state index contributed by atoms with van der Waals surface area (Å²) in [6.45, 7) is 2.81. The molecule has 0 aliphatic carbocycles. The van der Waals surface area contributed by atoms with Crippen LogP contribution in [0.1, 0.15) is 10.4 Å². The monoisotopic (exact) mass is 297 g/mol. The molecule has 3 rings (SSSR count). The number of carbonyl (C=O) groups is 1. The van der Waals surface area contributed by atoms with E-state index in [1.54, 1.807) is 23.1 Å². The number of phenolic OH excluding ortho intramolecular Hbond substituents is 1. The summed E-state index contributed by atoms with van der Waals surface area (Å²) in [5, 5.41) is 9.95. The van der Waals surface area contributed by atoms with Crippen LogP contribution < -0.4 is 10.6 Å². The molecule has 1 aliphatic heterocycles. The van der Waals surface area contributed by atoms with Gasteiger partial charge in [-0.1, -0.05) is 24.3 Å². The fraction of sp³-hybridized carbons (Fsp3) is 0.235. The number of aromatic hydroxyl groups is 1. The summed E-state index contributed by atoms with van der Waals surface area (Å²) < 4.78 is 0. The van der Waals surface area contributed by atoms with Crippen LogP contribution in [0.25, 0.3) is 0 Å². The van der Waals surface area contributed by atoms with Gasteiger partial charge >= 0.3 is 0 Å². The lowest BCUT2D eigenvalue weighted by atomic mass is 10.1. The lowest BCUT2D eigenvalue weighted by molar-refractivity contribution is 0.0744. The number of piperazine rings is 1. The van der Waals surface area contributed by atoms with Gasteiger partial charge in [-0.2, -0.15) is 0 Å². The summed E-state index contributed by atoms with van der Waals surface area (Å²) in [5.41, 5.74) is 7.33. The van der Waals surface area contributed by atoms with Gasteiger partial charge in [0.15, 0.2) is 5.75 Å². The Bertz CT molecular complexity index is 665. The van der Waals surface area contributed by atoms with E-state index in [1.165, 1.54) is 5.69 Å². The largest absolute Gasteiger partial charge is 0.505 e. The highest BCUT2D eigenvalue weighted by Gasteiger charge is 2.24. The van der Waals surface area contributed by atoms with Crippen molar-refractivity contribution in [1.29, 1.82) is 0 Å². The zero-order valence-corrected chi connectivity index (χ0v) is 12.3. The van der Waals surface area contributed by atoms with Crippen LogP contribution in [0.15, 0.2) is 48.5 Å². The molecule has 0 aromatic heterocycles. The van der Waals surface area contributed by atoms with E-state index < -0.39 is 0 Å². The van der Waals surface area contributed by atoms with Crippen LogP contribution in [0.5, 0.6) is 5.75 Å². The maximum Gasteiger partial charge on any atom is 0.257 e. The number of amides is 1. The molecule has 1 heterocycles. The lowest BCUT2D eigenvalue weighted by Crippen LogP contribution is -2.48. The molecule has 1 fully saturated rings. The number of hydrogen-bond donors (Lipinski definition) is 2. The minimum Gasteiger partial charge on any atom is -0.505 e. The highest BCUT2D eigenvalue weighted by Crippen LogP contribution is 2.26. The summed E-state index contributed by atoms with van der Waals surface area (Å²) in [5.74, 6) is -0.296. The smallest absolute Gasteiger partial charge is 0.257 e. The average molecular weight is 297 g/mol. The normalized spacial score (nSPS) is 14.9. The van der Waals surface area contributed by atoms with Gasteiger partial charge < -0.3 is 20.6 Å². The summed E-state index contributed by atoms with van der Waals surface area (Å²) in [6, 6.07) is 15.0. The second-order valence-electron chi connectivity index (χ2n) is 5.36. The number of benzene rings is 2. The molecule has 0 atom stereocenters. The first-order chi connectivity index (χ1) is 10.7. The number of anilines is 2. The van der Waals surface area contributed by atoms with Crippen LogP contribution in [-0.4, -0.2) is 42.1 Å². The molecule has 5 heteroatoms. The summed E-state index contributed by atoms with van der Waals surface area (Å²) in [7, 11) is 0. The van der Waals surface area contributed by atoms with Gasteiger partial charge in [-0.3, -0.25) is 4.79 Å². The lowest BCUT2D eigenvalue weighted by Gasteiger charge is -2.36. The highest BCUT2D eigenvalue weighted by molar-refractivity contribution is 5.98. The van der Waals surface area contributed by atoms with Gasteiger partial charge in [0.1, 0.15) is 0 Å². The Morgan fingerprint density at radius 3 is 2.32 bits per heavy atom. The molecule has 114 valence electrons. The van der Waals surface area contributed by atoms with Crippen molar-refractivity contribution in [3.63, 3.8) is 0 Å². The zero-order chi connectivity index (χ0) is 15.5. The van der Waals surface area contributed by atoms with Crippen molar-refractivity contribution in [1.82, 2.24) is 4.90 Å². The fourth-order valence-electron chi connectivity index (χ4n) is 2.71. The van der Waals surface area contributed by atoms with E-state index in [1.807, 2.05) is 18.2 Å². The van der Waals surface area contributed by atoms with Crippen LogP contribution >= 0.6 is 0 Å². The molecule has 0 radical (unpaired) electrons. The molecule has 2 aromatic carbocycles. The molecule has 3 N–H and O–H groups in total. The molecule has 1 aliphatic rings. The van der Waals surface area contributed by atoms with Crippen molar-refractivity contribution in [3.05, 3.63) is 54.1 Å². The van der Waals surface area contributed by atoms with Crippen molar-refractivity contribution in [3.8, 4) is 5.75 Å². The Balaban J connectivity index is 1.69. The van der Waals surface area contributed by atoms with Gasteiger partial charge in [0, 0.05) is 31.9 Å². The summed E-state index contributed by atoms with van der Waals surface area (Å²) in [4.78, 5) is 16.5. The van der Waals surface area contributed by atoms with Crippen molar-refractivity contribution < 1.29 is 9.90 Å². The Hall–Kier alpha value is -2.69. The molecule has 1 saturated heterocycles. The van der Waals surface area contributed by atoms with Gasteiger partial charge in [0.05, 0.1) is 11.3 Å². The van der Waals surface area contributed by atoms with Crippen LogP contribution in [0.2, 0.25) is 0 Å². The Labute approximate surface area is 129 Å². The Morgan fingerprint density at radius 1 is 0.955 bits per heavy atom. The Kier molecular flexibility index (Phi) is 3.87. The van der Waals surface area contributed by atoms with E-state index in [9.17, 15) is 9.90 Å². The fourth-order valence-corrected chi connectivity index (χ4v) is 2.71. The number of hydrogen-bond acceptors (Lipinski definition) is 4. The standard InChI is InChI=1S/C17H19N3O2/c18-15-8-4-7-14(16(15)21)17(22)20-11-9-19(10-12-20)13-5-2-1-3-6-13/h1-8,21H,9-12,18H2. The van der Waals surface area contributed by atoms with Crippen LogP contribution in [0.4, 0.5) is 11.4 Å². The van der Waals surface area contributed by atoms with E-state index in [0.29, 0.717) is 13.1 Å². The third-order valence-corrected chi connectivity index (χ3v) is 3.99. The topological polar surface area (TPSA) is 69.8 Å². The second-order valence-corrected chi connectivity index (χ2v) is 5.36. The highest BCUT2D eigenvalue weighted by atomic mass is 16.3. The SMILES string of the molecule is Nc1cccc(C(=O)N2CCN(c3ccccc3)CC2)c1O. The van der Waals surface area contributed by atoms with E-state index >= 15 is 0 Å². The number of rotatable bonds is 2. The minimum absolute atomic E-state index is 0.127. The zero-order valence-electron chi connectivity index (χ0n) is 12.3. The van der Waals surface area contributed by atoms with E-state index in [-0.39, 0.29) is 22.9 Å². The van der Waals surface area contributed by atoms with Gasteiger partial charge in [0.25, 0.3) is 5.91 Å². The third kappa shape index (κ3) is 2.70. The molecule has 0 saturated carbocycles. The van der Waals surface area contributed by atoms with Crippen LogP contribution in [0.3, 0.4) is 0 Å². The van der Waals surface area contributed by atoms with Gasteiger partial charge in [-0.05, 0) is 24.3 Å². The molecular weight excluding hydrogens is 278 g/mol. The van der Waals surface area contributed by atoms with Crippen molar-refractivity contribution in [2.75, 3.05) is 36.8 Å². The third-order valence-electron chi connectivity index (χ3n) is 3.99. The minimum atomic E-state index is -0.169. The number of para-hydroxylation sites is 2.